The first-order valence-corrected chi connectivity index (χ1v) is 8.80. The SMILES string of the molecule is CCC(NC(=O)CNC(=O)c1ccccc1OC)c1ccc(Br)cc1. The molecule has 5 nitrogen and oxygen atoms in total. The normalized spacial score (nSPS) is 11.5. The van der Waals surface area contributed by atoms with Gasteiger partial charge in [0.1, 0.15) is 5.75 Å². The number of ether oxygens (including phenoxy) is 1. The lowest BCUT2D eigenvalue weighted by molar-refractivity contribution is -0.120. The van der Waals surface area contributed by atoms with Crippen LogP contribution in [0.4, 0.5) is 0 Å². The maximum Gasteiger partial charge on any atom is 0.255 e. The highest BCUT2D eigenvalue weighted by Crippen LogP contribution is 2.19. The molecule has 2 amide bonds. The van der Waals surface area contributed by atoms with E-state index in [0.29, 0.717) is 11.3 Å². The molecule has 0 heterocycles. The molecule has 0 aromatic heterocycles. The lowest BCUT2D eigenvalue weighted by atomic mass is 10.0. The number of halogens is 1. The molecule has 132 valence electrons. The van der Waals surface area contributed by atoms with Gasteiger partial charge in [0.2, 0.25) is 5.91 Å². The molecule has 0 saturated heterocycles. The molecule has 1 unspecified atom stereocenters. The lowest BCUT2D eigenvalue weighted by Crippen LogP contribution is -2.38. The predicted octanol–water partition coefficient (Wildman–Crippen LogP) is 3.46. The third-order valence-corrected chi connectivity index (χ3v) is 4.31. The van der Waals surface area contributed by atoms with Gasteiger partial charge in [-0.15, -0.1) is 0 Å². The molecule has 2 aromatic rings. The summed E-state index contributed by atoms with van der Waals surface area (Å²) in [5.41, 5.74) is 1.42. The second kappa shape index (κ2) is 9.22. The fraction of sp³-hybridized carbons (Fsp3) is 0.263. The number of carbonyl (C=O) groups excluding carboxylic acids is 2. The van der Waals surface area contributed by atoms with Crippen molar-refractivity contribution in [1.29, 1.82) is 0 Å². The lowest BCUT2D eigenvalue weighted by Gasteiger charge is -2.18. The van der Waals surface area contributed by atoms with Crippen molar-refractivity contribution >= 4 is 27.7 Å². The first kappa shape index (κ1) is 19.0. The number of carbonyl (C=O) groups is 2. The molecule has 0 radical (unpaired) electrons. The summed E-state index contributed by atoms with van der Waals surface area (Å²) >= 11 is 3.40. The Morgan fingerprint density at radius 1 is 1.12 bits per heavy atom. The Morgan fingerprint density at radius 2 is 1.80 bits per heavy atom. The minimum absolute atomic E-state index is 0.0933. The number of methoxy groups -OCH3 is 1. The molecule has 1 atom stereocenters. The van der Waals surface area contributed by atoms with Gasteiger partial charge in [0.05, 0.1) is 25.3 Å². The van der Waals surface area contributed by atoms with E-state index in [9.17, 15) is 9.59 Å². The van der Waals surface area contributed by atoms with Crippen molar-refractivity contribution in [2.45, 2.75) is 19.4 Å². The Bertz CT molecular complexity index is 732. The molecular weight excluding hydrogens is 384 g/mol. The number of benzene rings is 2. The summed E-state index contributed by atoms with van der Waals surface area (Å²) in [7, 11) is 1.50. The van der Waals surface area contributed by atoms with Crippen LogP contribution in [0.15, 0.2) is 53.0 Å². The molecule has 2 aromatic carbocycles. The van der Waals surface area contributed by atoms with Gasteiger partial charge in [-0.25, -0.2) is 0 Å². The van der Waals surface area contributed by atoms with Crippen LogP contribution in [0, 0.1) is 0 Å². The summed E-state index contributed by atoms with van der Waals surface area (Å²) in [6.07, 6.45) is 0.758. The second-order valence-corrected chi connectivity index (χ2v) is 6.38. The van der Waals surface area contributed by atoms with E-state index in [1.54, 1.807) is 24.3 Å². The van der Waals surface area contributed by atoms with Gasteiger partial charge in [0.25, 0.3) is 5.91 Å². The Morgan fingerprint density at radius 3 is 2.44 bits per heavy atom. The van der Waals surface area contributed by atoms with Crippen LogP contribution in [0.1, 0.15) is 35.3 Å². The largest absolute Gasteiger partial charge is 0.496 e. The van der Waals surface area contributed by atoms with Crippen molar-refractivity contribution < 1.29 is 14.3 Å². The molecule has 2 rings (SSSR count). The van der Waals surface area contributed by atoms with Gasteiger partial charge >= 0.3 is 0 Å². The highest BCUT2D eigenvalue weighted by Gasteiger charge is 2.15. The third kappa shape index (κ3) is 5.32. The summed E-state index contributed by atoms with van der Waals surface area (Å²) in [4.78, 5) is 24.4. The van der Waals surface area contributed by atoms with E-state index in [0.717, 1.165) is 16.5 Å². The second-order valence-electron chi connectivity index (χ2n) is 5.46. The average molecular weight is 405 g/mol. The van der Waals surface area contributed by atoms with Gasteiger partial charge in [0.15, 0.2) is 0 Å². The fourth-order valence-electron chi connectivity index (χ4n) is 2.45. The topological polar surface area (TPSA) is 67.4 Å². The van der Waals surface area contributed by atoms with E-state index in [1.165, 1.54) is 7.11 Å². The number of hydrogen-bond acceptors (Lipinski definition) is 3. The van der Waals surface area contributed by atoms with Crippen LogP contribution < -0.4 is 15.4 Å². The smallest absolute Gasteiger partial charge is 0.255 e. The predicted molar refractivity (Wildman–Crippen MR) is 101 cm³/mol. The first-order chi connectivity index (χ1) is 12.0. The van der Waals surface area contributed by atoms with Crippen LogP contribution in [0.3, 0.4) is 0 Å². The van der Waals surface area contributed by atoms with E-state index in [2.05, 4.69) is 26.6 Å². The third-order valence-electron chi connectivity index (χ3n) is 3.78. The summed E-state index contributed by atoms with van der Waals surface area (Å²) < 4.78 is 6.14. The van der Waals surface area contributed by atoms with Crippen molar-refractivity contribution in [3.63, 3.8) is 0 Å². The van der Waals surface area contributed by atoms with Crippen LogP contribution >= 0.6 is 15.9 Å². The summed E-state index contributed by atoms with van der Waals surface area (Å²) in [6.45, 7) is 1.91. The van der Waals surface area contributed by atoms with Gasteiger partial charge in [0, 0.05) is 4.47 Å². The monoisotopic (exact) mass is 404 g/mol. The molecule has 0 aliphatic heterocycles. The van der Waals surface area contributed by atoms with Crippen molar-refractivity contribution in [2.75, 3.05) is 13.7 Å². The summed E-state index contributed by atoms with van der Waals surface area (Å²) in [6, 6.07) is 14.6. The number of para-hydroxylation sites is 1. The summed E-state index contributed by atoms with van der Waals surface area (Å²) in [5, 5.41) is 5.56. The van der Waals surface area contributed by atoms with E-state index >= 15 is 0 Å². The molecular formula is C19H21BrN2O3. The molecule has 0 saturated carbocycles. The number of rotatable bonds is 7. The number of hydrogen-bond donors (Lipinski definition) is 2. The zero-order valence-electron chi connectivity index (χ0n) is 14.2. The van der Waals surface area contributed by atoms with Gasteiger partial charge in [-0.3, -0.25) is 9.59 Å². The molecule has 0 fully saturated rings. The van der Waals surface area contributed by atoms with Crippen molar-refractivity contribution in [1.82, 2.24) is 10.6 Å². The fourth-order valence-corrected chi connectivity index (χ4v) is 2.71. The van der Waals surface area contributed by atoms with E-state index in [-0.39, 0.29) is 24.4 Å². The maximum absolute atomic E-state index is 12.2. The number of amides is 2. The summed E-state index contributed by atoms with van der Waals surface area (Å²) in [5.74, 6) is -0.107. The maximum atomic E-state index is 12.2. The molecule has 0 bridgehead atoms. The van der Waals surface area contributed by atoms with Crippen LogP contribution in [-0.2, 0) is 4.79 Å². The molecule has 6 heteroatoms. The van der Waals surface area contributed by atoms with Crippen LogP contribution in [0.2, 0.25) is 0 Å². The highest BCUT2D eigenvalue weighted by atomic mass is 79.9. The van der Waals surface area contributed by atoms with Crippen LogP contribution in [-0.4, -0.2) is 25.5 Å². The zero-order valence-corrected chi connectivity index (χ0v) is 15.8. The Kier molecular flexibility index (Phi) is 7.01. The molecule has 25 heavy (non-hydrogen) atoms. The van der Waals surface area contributed by atoms with E-state index in [1.807, 2.05) is 31.2 Å². The zero-order chi connectivity index (χ0) is 18.2. The van der Waals surface area contributed by atoms with Gasteiger partial charge < -0.3 is 15.4 Å². The molecule has 0 aliphatic rings. The van der Waals surface area contributed by atoms with Crippen LogP contribution in [0.25, 0.3) is 0 Å². The highest BCUT2D eigenvalue weighted by molar-refractivity contribution is 9.10. The minimum Gasteiger partial charge on any atom is -0.496 e. The minimum atomic E-state index is -0.343. The van der Waals surface area contributed by atoms with Gasteiger partial charge in [-0.05, 0) is 36.2 Å². The quantitative estimate of drug-likeness (QED) is 0.742. The van der Waals surface area contributed by atoms with Gasteiger partial charge in [-0.2, -0.15) is 0 Å². The molecule has 0 spiro atoms. The first-order valence-electron chi connectivity index (χ1n) is 8.01. The van der Waals surface area contributed by atoms with Crippen molar-refractivity contribution in [3.05, 3.63) is 64.1 Å². The molecule has 2 N–H and O–H groups in total. The standard InChI is InChI=1S/C19H21BrN2O3/c1-3-16(13-8-10-14(20)11-9-13)22-18(23)12-21-19(24)15-6-4-5-7-17(15)25-2/h4-11,16H,3,12H2,1-2H3,(H,21,24)(H,22,23). The Hall–Kier alpha value is -2.34. The van der Waals surface area contributed by atoms with E-state index in [4.69, 9.17) is 4.74 Å². The Balaban J connectivity index is 1.93. The number of nitrogens with one attached hydrogen (secondary N) is 2. The Labute approximate surface area is 155 Å². The van der Waals surface area contributed by atoms with Crippen molar-refractivity contribution in [3.8, 4) is 5.75 Å². The molecule has 0 aliphatic carbocycles. The van der Waals surface area contributed by atoms with Crippen LogP contribution in [0.5, 0.6) is 5.75 Å². The van der Waals surface area contributed by atoms with Crippen molar-refractivity contribution in [2.24, 2.45) is 0 Å². The van der Waals surface area contributed by atoms with Gasteiger partial charge in [-0.1, -0.05) is 47.1 Å². The van der Waals surface area contributed by atoms with E-state index < -0.39 is 0 Å². The average Bonchev–Trinajstić information content (AvgIpc) is 2.64.